The van der Waals surface area contributed by atoms with Crippen molar-refractivity contribution < 1.29 is 0 Å². The molecule has 230 valence electrons. The predicted molar refractivity (Wildman–Crippen MR) is 198 cm³/mol. The van der Waals surface area contributed by atoms with Crippen molar-refractivity contribution in [3.8, 4) is 0 Å². The third kappa shape index (κ3) is 15.1. The van der Waals surface area contributed by atoms with Crippen LogP contribution in [0.15, 0.2) is 121 Å². The SMILES string of the molecule is C.C.CC.CC.CC.CC.Cc1ccc2cccc(Nc3ccccc3)c2c1.Cc1ccccc1Nc1ccccc1. The quantitative estimate of drug-likeness (QED) is 0.225. The predicted octanol–water partition coefficient (Wildman–Crippen LogP) is 14.0. The van der Waals surface area contributed by atoms with E-state index in [0.29, 0.717) is 0 Å². The van der Waals surface area contributed by atoms with Gasteiger partial charge in [-0.2, -0.15) is 0 Å². The fourth-order valence-electron chi connectivity index (χ4n) is 3.56. The van der Waals surface area contributed by atoms with E-state index >= 15 is 0 Å². The van der Waals surface area contributed by atoms with Crippen LogP contribution in [0.25, 0.3) is 10.8 Å². The van der Waals surface area contributed by atoms with Crippen LogP contribution < -0.4 is 10.6 Å². The van der Waals surface area contributed by atoms with E-state index in [-0.39, 0.29) is 14.9 Å². The normalized spacial score (nSPS) is 8.33. The number of anilines is 4. The zero-order valence-corrected chi connectivity index (χ0v) is 26.5. The summed E-state index contributed by atoms with van der Waals surface area (Å²) < 4.78 is 0. The Labute approximate surface area is 260 Å². The summed E-state index contributed by atoms with van der Waals surface area (Å²) in [6.07, 6.45) is 0. The average molecular weight is 569 g/mol. The number of rotatable bonds is 4. The molecule has 0 radical (unpaired) electrons. The highest BCUT2D eigenvalue weighted by atomic mass is 14.9. The van der Waals surface area contributed by atoms with Gasteiger partial charge in [-0.1, -0.05) is 155 Å². The van der Waals surface area contributed by atoms with Crippen molar-refractivity contribution >= 4 is 33.5 Å². The van der Waals surface area contributed by atoms with Gasteiger partial charge in [-0.15, -0.1) is 0 Å². The molecule has 0 spiro atoms. The molecule has 2 nitrogen and oxygen atoms in total. The summed E-state index contributed by atoms with van der Waals surface area (Å²) in [6, 6.07) is 41.6. The Morgan fingerprint density at radius 2 is 0.833 bits per heavy atom. The minimum atomic E-state index is 0. The summed E-state index contributed by atoms with van der Waals surface area (Å²) in [5, 5.41) is 9.38. The Morgan fingerprint density at radius 1 is 0.405 bits per heavy atom. The van der Waals surface area contributed by atoms with Crippen molar-refractivity contribution in [3.05, 3.63) is 132 Å². The standard InChI is InChI=1S/C17H15N.C13H13N.4C2H6.2CH4/c1-13-10-11-14-6-5-9-17(16(14)12-13)18-15-7-3-2-4-8-15;1-11-7-5-6-10-13(11)14-12-8-3-2-4-9-12;4*1-2;;/h2-12,18H,1H3;2-10,14H,1H3;4*1-2H3;2*1H4. The highest BCUT2D eigenvalue weighted by Gasteiger charge is 2.01. The summed E-state index contributed by atoms with van der Waals surface area (Å²) in [5.74, 6) is 0. The lowest BCUT2D eigenvalue weighted by Gasteiger charge is -2.10. The summed E-state index contributed by atoms with van der Waals surface area (Å²) in [6.45, 7) is 20.2. The second kappa shape index (κ2) is 27.1. The molecule has 5 aromatic rings. The number of para-hydroxylation sites is 3. The summed E-state index contributed by atoms with van der Waals surface area (Å²) >= 11 is 0. The number of benzene rings is 5. The second-order valence-corrected chi connectivity index (χ2v) is 7.83. The van der Waals surface area contributed by atoms with Crippen LogP contribution in [-0.4, -0.2) is 0 Å². The average Bonchev–Trinajstić information content (AvgIpc) is 3.04. The van der Waals surface area contributed by atoms with Crippen LogP contribution >= 0.6 is 0 Å². The maximum atomic E-state index is 3.47. The molecule has 0 bridgehead atoms. The van der Waals surface area contributed by atoms with Crippen LogP contribution in [0, 0.1) is 13.8 Å². The van der Waals surface area contributed by atoms with E-state index in [0.717, 1.165) is 17.1 Å². The van der Waals surface area contributed by atoms with E-state index in [1.165, 1.54) is 27.6 Å². The summed E-state index contributed by atoms with van der Waals surface area (Å²) in [7, 11) is 0. The molecular formula is C40H60N2. The molecular weight excluding hydrogens is 508 g/mol. The number of nitrogens with one attached hydrogen (secondary N) is 2. The molecule has 0 aliphatic rings. The molecule has 5 rings (SSSR count). The van der Waals surface area contributed by atoms with E-state index < -0.39 is 0 Å². The van der Waals surface area contributed by atoms with Gasteiger partial charge in [0.05, 0.1) is 0 Å². The minimum absolute atomic E-state index is 0. The fraction of sp³-hybridized carbons (Fsp3) is 0.300. The first-order valence-electron chi connectivity index (χ1n) is 14.9. The molecule has 42 heavy (non-hydrogen) atoms. The van der Waals surface area contributed by atoms with Crippen LogP contribution in [0.3, 0.4) is 0 Å². The van der Waals surface area contributed by atoms with Crippen molar-refractivity contribution in [1.29, 1.82) is 0 Å². The topological polar surface area (TPSA) is 24.1 Å². The first kappa shape index (κ1) is 42.4. The lowest BCUT2D eigenvalue weighted by Crippen LogP contribution is -1.91. The van der Waals surface area contributed by atoms with Gasteiger partial charge in [-0.05, 0) is 67.3 Å². The Balaban J connectivity index is -0.000000573. The Kier molecular flexibility index (Phi) is 27.4. The smallest absolute Gasteiger partial charge is 0.0464 e. The van der Waals surface area contributed by atoms with Crippen LogP contribution in [-0.2, 0) is 0 Å². The fourth-order valence-corrected chi connectivity index (χ4v) is 3.56. The third-order valence-electron chi connectivity index (χ3n) is 5.29. The molecule has 0 unspecified atom stereocenters. The molecule has 0 saturated carbocycles. The van der Waals surface area contributed by atoms with Crippen molar-refractivity contribution in [3.63, 3.8) is 0 Å². The highest BCUT2D eigenvalue weighted by molar-refractivity contribution is 5.95. The van der Waals surface area contributed by atoms with Crippen molar-refractivity contribution in [2.75, 3.05) is 10.6 Å². The van der Waals surface area contributed by atoms with Crippen LogP contribution in [0.2, 0.25) is 0 Å². The third-order valence-corrected chi connectivity index (χ3v) is 5.29. The Hall–Kier alpha value is -4.04. The van der Waals surface area contributed by atoms with Gasteiger partial charge in [-0.25, -0.2) is 0 Å². The molecule has 0 heterocycles. The maximum absolute atomic E-state index is 3.47. The van der Waals surface area contributed by atoms with Gasteiger partial charge in [0.15, 0.2) is 0 Å². The zero-order valence-electron chi connectivity index (χ0n) is 26.5. The second-order valence-electron chi connectivity index (χ2n) is 7.83. The van der Waals surface area contributed by atoms with Crippen LogP contribution in [0.5, 0.6) is 0 Å². The first-order chi connectivity index (χ1) is 19.7. The van der Waals surface area contributed by atoms with Gasteiger partial charge in [-0.3, -0.25) is 0 Å². The monoisotopic (exact) mass is 568 g/mol. The molecule has 0 aromatic heterocycles. The van der Waals surface area contributed by atoms with Crippen LogP contribution in [0.4, 0.5) is 22.7 Å². The van der Waals surface area contributed by atoms with Gasteiger partial charge >= 0.3 is 0 Å². The van der Waals surface area contributed by atoms with Gasteiger partial charge in [0, 0.05) is 28.1 Å². The molecule has 0 fully saturated rings. The molecule has 2 heteroatoms. The number of fused-ring (bicyclic) bond motifs is 1. The molecule has 0 aliphatic carbocycles. The van der Waals surface area contributed by atoms with Gasteiger partial charge in [0.1, 0.15) is 0 Å². The molecule has 0 atom stereocenters. The van der Waals surface area contributed by atoms with E-state index in [1.54, 1.807) is 0 Å². The Bertz CT molecular complexity index is 1280. The number of hydrogen-bond donors (Lipinski definition) is 2. The van der Waals surface area contributed by atoms with Gasteiger partial charge in [0.25, 0.3) is 0 Å². The molecule has 0 aliphatic heterocycles. The molecule has 0 amide bonds. The number of hydrogen-bond acceptors (Lipinski definition) is 2. The van der Waals surface area contributed by atoms with Gasteiger partial charge in [0.2, 0.25) is 0 Å². The summed E-state index contributed by atoms with van der Waals surface area (Å²) in [4.78, 5) is 0. The lowest BCUT2D eigenvalue weighted by molar-refractivity contribution is 1.43. The van der Waals surface area contributed by atoms with Crippen molar-refractivity contribution in [2.24, 2.45) is 0 Å². The summed E-state index contributed by atoms with van der Waals surface area (Å²) in [5.41, 5.74) is 7.11. The Morgan fingerprint density at radius 3 is 1.33 bits per heavy atom. The van der Waals surface area contributed by atoms with Crippen molar-refractivity contribution in [2.45, 2.75) is 84.1 Å². The van der Waals surface area contributed by atoms with Crippen LogP contribution in [0.1, 0.15) is 81.4 Å². The van der Waals surface area contributed by atoms with E-state index in [1.807, 2.05) is 104 Å². The molecule has 0 saturated heterocycles. The van der Waals surface area contributed by atoms with Crippen molar-refractivity contribution in [1.82, 2.24) is 0 Å². The van der Waals surface area contributed by atoms with E-state index in [4.69, 9.17) is 0 Å². The molecule has 5 aromatic carbocycles. The maximum Gasteiger partial charge on any atom is 0.0464 e. The largest absolute Gasteiger partial charge is 0.355 e. The lowest BCUT2D eigenvalue weighted by atomic mass is 10.1. The van der Waals surface area contributed by atoms with Gasteiger partial charge < -0.3 is 10.6 Å². The highest BCUT2D eigenvalue weighted by Crippen LogP contribution is 2.27. The van der Waals surface area contributed by atoms with E-state index in [9.17, 15) is 0 Å². The molecule has 2 N–H and O–H groups in total. The minimum Gasteiger partial charge on any atom is -0.355 e. The first-order valence-corrected chi connectivity index (χ1v) is 14.9. The zero-order chi connectivity index (χ0) is 30.2. The number of aryl methyl sites for hydroxylation is 2. The van der Waals surface area contributed by atoms with E-state index in [2.05, 4.69) is 97.3 Å².